The first kappa shape index (κ1) is 14.5. The van der Waals surface area contributed by atoms with Crippen LogP contribution < -0.4 is 5.32 Å². The zero-order chi connectivity index (χ0) is 15.7. The van der Waals surface area contributed by atoms with E-state index >= 15 is 0 Å². The monoisotopic (exact) mass is 302 g/mol. The van der Waals surface area contributed by atoms with Gasteiger partial charge in [-0.1, -0.05) is 55.3 Å². The highest BCUT2D eigenvalue weighted by molar-refractivity contribution is 5.69. The van der Waals surface area contributed by atoms with Gasteiger partial charge < -0.3 is 5.32 Å². The van der Waals surface area contributed by atoms with Crippen LogP contribution >= 0.6 is 0 Å². The predicted octanol–water partition coefficient (Wildman–Crippen LogP) is 4.33. The Kier molecular flexibility index (Phi) is 3.67. The van der Waals surface area contributed by atoms with Gasteiger partial charge in [0.1, 0.15) is 0 Å². The predicted molar refractivity (Wildman–Crippen MR) is 93.0 cm³/mol. The van der Waals surface area contributed by atoms with Crippen molar-refractivity contribution in [3.05, 3.63) is 59.2 Å². The molecule has 0 saturated heterocycles. The molecule has 0 radical (unpaired) electrons. The van der Waals surface area contributed by atoms with Crippen molar-refractivity contribution < 1.29 is 0 Å². The average molecular weight is 302 g/mol. The molecule has 1 fully saturated rings. The number of nitriles is 1. The number of benzene rings is 2. The Morgan fingerprint density at radius 1 is 1.00 bits per heavy atom. The second-order valence-electron chi connectivity index (χ2n) is 6.85. The lowest BCUT2D eigenvalue weighted by atomic mass is 9.79. The molecule has 4 rings (SSSR count). The summed E-state index contributed by atoms with van der Waals surface area (Å²) in [5.41, 5.74) is 6.50. The van der Waals surface area contributed by atoms with E-state index in [9.17, 15) is 5.26 Å². The van der Waals surface area contributed by atoms with Crippen LogP contribution in [0.3, 0.4) is 0 Å². The van der Waals surface area contributed by atoms with Gasteiger partial charge in [0.25, 0.3) is 0 Å². The van der Waals surface area contributed by atoms with E-state index in [0.717, 1.165) is 32.4 Å². The standard InChI is InChI=1S/C21H22N2/c22-15-21(11-1-2-12-21)18-8-6-16(7-9-18)19-5-3-4-17-14-23-13-10-20(17)19/h3-9,23H,1-2,10-14H2. The van der Waals surface area contributed by atoms with Gasteiger partial charge in [-0.15, -0.1) is 0 Å². The molecule has 116 valence electrons. The normalized spacial score (nSPS) is 19.1. The van der Waals surface area contributed by atoms with Crippen LogP contribution in [0.1, 0.15) is 42.4 Å². The van der Waals surface area contributed by atoms with Gasteiger partial charge in [-0.3, -0.25) is 0 Å². The van der Waals surface area contributed by atoms with Crippen LogP contribution in [-0.4, -0.2) is 6.54 Å². The topological polar surface area (TPSA) is 35.8 Å². The zero-order valence-electron chi connectivity index (χ0n) is 13.4. The highest BCUT2D eigenvalue weighted by Crippen LogP contribution is 2.41. The van der Waals surface area contributed by atoms with Gasteiger partial charge in [0.05, 0.1) is 11.5 Å². The molecule has 0 aromatic heterocycles. The summed E-state index contributed by atoms with van der Waals surface area (Å²) in [7, 11) is 0. The number of fused-ring (bicyclic) bond motifs is 1. The molecule has 2 aliphatic rings. The summed E-state index contributed by atoms with van der Waals surface area (Å²) in [6.07, 6.45) is 5.46. The molecule has 1 saturated carbocycles. The van der Waals surface area contributed by atoms with Gasteiger partial charge in [-0.05, 0) is 53.6 Å². The maximum absolute atomic E-state index is 9.66. The summed E-state index contributed by atoms with van der Waals surface area (Å²) < 4.78 is 0. The van der Waals surface area contributed by atoms with Crippen molar-refractivity contribution in [1.29, 1.82) is 5.26 Å². The van der Waals surface area contributed by atoms with Gasteiger partial charge in [0.15, 0.2) is 0 Å². The third kappa shape index (κ3) is 2.46. The fraction of sp³-hybridized carbons (Fsp3) is 0.381. The average Bonchev–Trinajstić information content (AvgIpc) is 3.12. The van der Waals surface area contributed by atoms with E-state index in [2.05, 4.69) is 53.9 Å². The molecule has 1 heterocycles. The first-order valence-electron chi connectivity index (χ1n) is 8.66. The first-order chi connectivity index (χ1) is 11.3. The minimum absolute atomic E-state index is 0.238. The van der Waals surface area contributed by atoms with E-state index in [0.29, 0.717) is 0 Å². The van der Waals surface area contributed by atoms with E-state index in [1.807, 2.05) is 0 Å². The fourth-order valence-electron chi connectivity index (χ4n) is 4.21. The molecule has 0 amide bonds. The van der Waals surface area contributed by atoms with Gasteiger partial charge >= 0.3 is 0 Å². The van der Waals surface area contributed by atoms with Gasteiger partial charge in [-0.2, -0.15) is 5.26 Å². The Labute approximate surface area is 138 Å². The van der Waals surface area contributed by atoms with Crippen LogP contribution in [-0.2, 0) is 18.4 Å². The van der Waals surface area contributed by atoms with Crippen molar-refractivity contribution in [2.45, 2.75) is 44.1 Å². The minimum atomic E-state index is -0.238. The lowest BCUT2D eigenvalue weighted by molar-refractivity contribution is 0.573. The molecular formula is C21H22N2. The largest absolute Gasteiger partial charge is 0.312 e. The van der Waals surface area contributed by atoms with Crippen LogP contribution in [0, 0.1) is 11.3 Å². The number of nitrogens with zero attached hydrogens (tertiary/aromatic N) is 1. The van der Waals surface area contributed by atoms with Gasteiger partial charge in [0.2, 0.25) is 0 Å². The molecule has 0 atom stereocenters. The summed E-state index contributed by atoms with van der Waals surface area (Å²) in [5.74, 6) is 0. The Morgan fingerprint density at radius 3 is 2.52 bits per heavy atom. The molecule has 23 heavy (non-hydrogen) atoms. The molecule has 0 unspecified atom stereocenters. The maximum Gasteiger partial charge on any atom is 0.0822 e. The lowest BCUT2D eigenvalue weighted by Crippen LogP contribution is -2.24. The summed E-state index contributed by atoms with van der Waals surface area (Å²) >= 11 is 0. The van der Waals surface area contributed by atoms with Crippen LogP contribution in [0.15, 0.2) is 42.5 Å². The summed E-state index contributed by atoms with van der Waals surface area (Å²) in [6.45, 7) is 2.03. The van der Waals surface area contributed by atoms with Crippen molar-refractivity contribution in [3.63, 3.8) is 0 Å². The number of nitrogens with one attached hydrogen (secondary N) is 1. The summed E-state index contributed by atoms with van der Waals surface area (Å²) in [5, 5.41) is 13.1. The van der Waals surface area contributed by atoms with E-state index in [1.165, 1.54) is 40.7 Å². The van der Waals surface area contributed by atoms with Gasteiger partial charge in [-0.25, -0.2) is 0 Å². The molecule has 0 bridgehead atoms. The van der Waals surface area contributed by atoms with Crippen molar-refractivity contribution in [2.24, 2.45) is 0 Å². The Bertz CT molecular complexity index is 746. The molecule has 0 spiro atoms. The highest BCUT2D eigenvalue weighted by Gasteiger charge is 2.35. The Balaban J connectivity index is 1.71. The third-order valence-corrected chi connectivity index (χ3v) is 5.56. The van der Waals surface area contributed by atoms with E-state index in [4.69, 9.17) is 0 Å². The van der Waals surface area contributed by atoms with Crippen LogP contribution in [0.4, 0.5) is 0 Å². The molecule has 1 aliphatic carbocycles. The molecule has 2 nitrogen and oxygen atoms in total. The first-order valence-corrected chi connectivity index (χ1v) is 8.66. The highest BCUT2D eigenvalue weighted by atomic mass is 14.9. The van der Waals surface area contributed by atoms with Crippen LogP contribution in [0.2, 0.25) is 0 Å². The third-order valence-electron chi connectivity index (χ3n) is 5.56. The van der Waals surface area contributed by atoms with Crippen molar-refractivity contribution >= 4 is 0 Å². The molecule has 2 heteroatoms. The minimum Gasteiger partial charge on any atom is -0.312 e. The zero-order valence-corrected chi connectivity index (χ0v) is 13.4. The Morgan fingerprint density at radius 2 is 1.78 bits per heavy atom. The molecule has 2 aromatic rings. The van der Waals surface area contributed by atoms with Crippen molar-refractivity contribution in [1.82, 2.24) is 5.32 Å². The lowest BCUT2D eigenvalue weighted by Gasteiger charge is -2.22. The molecule has 2 aromatic carbocycles. The quantitative estimate of drug-likeness (QED) is 0.896. The van der Waals surface area contributed by atoms with Gasteiger partial charge in [0, 0.05) is 6.54 Å². The molecule has 1 aliphatic heterocycles. The SMILES string of the molecule is N#CC1(c2ccc(-c3cccc4c3CCNC4)cc2)CCCC1. The van der Waals surface area contributed by atoms with E-state index in [1.54, 1.807) is 0 Å². The smallest absolute Gasteiger partial charge is 0.0822 e. The second-order valence-corrected chi connectivity index (χ2v) is 6.85. The Hall–Kier alpha value is -2.11. The number of hydrogen-bond donors (Lipinski definition) is 1. The fourth-order valence-corrected chi connectivity index (χ4v) is 4.21. The second kappa shape index (κ2) is 5.83. The van der Waals surface area contributed by atoms with Crippen molar-refractivity contribution in [3.8, 4) is 17.2 Å². The summed E-state index contributed by atoms with van der Waals surface area (Å²) in [6, 6.07) is 18.0. The molecule has 1 N–H and O–H groups in total. The number of rotatable bonds is 2. The van der Waals surface area contributed by atoms with E-state index in [-0.39, 0.29) is 5.41 Å². The number of hydrogen-bond acceptors (Lipinski definition) is 2. The van der Waals surface area contributed by atoms with Crippen molar-refractivity contribution in [2.75, 3.05) is 6.54 Å². The molecular weight excluding hydrogens is 280 g/mol. The summed E-state index contributed by atoms with van der Waals surface area (Å²) in [4.78, 5) is 0. The van der Waals surface area contributed by atoms with Crippen LogP contribution in [0.25, 0.3) is 11.1 Å². The van der Waals surface area contributed by atoms with E-state index < -0.39 is 0 Å². The van der Waals surface area contributed by atoms with Crippen LogP contribution in [0.5, 0.6) is 0 Å². The maximum atomic E-state index is 9.66.